The first kappa shape index (κ1) is 19.1. The Hall–Kier alpha value is -2.70. The largest absolute Gasteiger partial charge is 0.489 e. The quantitative estimate of drug-likeness (QED) is 0.642. The van der Waals surface area contributed by atoms with Gasteiger partial charge in [-0.2, -0.15) is 0 Å². The van der Waals surface area contributed by atoms with Crippen LogP contribution < -0.4 is 4.74 Å². The number of ether oxygens (including phenoxy) is 1. The molecule has 3 aromatic rings. The van der Waals surface area contributed by atoms with Crippen LogP contribution in [0.1, 0.15) is 5.56 Å². The average molecular weight is 402 g/mol. The zero-order valence-electron chi connectivity index (χ0n) is 14.2. The van der Waals surface area contributed by atoms with Gasteiger partial charge in [0.1, 0.15) is 18.1 Å². The van der Waals surface area contributed by atoms with E-state index in [2.05, 4.69) is 4.98 Å². The molecule has 0 radical (unpaired) electrons. The molecule has 2 aromatic carbocycles. The van der Waals surface area contributed by atoms with Gasteiger partial charge in [-0.15, -0.1) is 0 Å². The highest BCUT2D eigenvalue weighted by Crippen LogP contribution is 2.27. The van der Waals surface area contributed by atoms with Gasteiger partial charge in [0.05, 0.1) is 15.8 Å². The number of halogens is 1. The van der Waals surface area contributed by atoms with Crippen molar-refractivity contribution in [2.45, 2.75) is 11.5 Å². The first-order valence-corrected chi connectivity index (χ1v) is 9.74. The summed E-state index contributed by atoms with van der Waals surface area (Å²) in [6, 6.07) is 16.3. The number of nitrogens with zero attached hydrogens (tertiary/aromatic N) is 1. The summed E-state index contributed by atoms with van der Waals surface area (Å²) >= 11 is 6.20. The van der Waals surface area contributed by atoms with E-state index < -0.39 is 22.5 Å². The summed E-state index contributed by atoms with van der Waals surface area (Å²) < 4.78 is 17.6. The highest BCUT2D eigenvalue weighted by molar-refractivity contribution is 7.85. The van der Waals surface area contributed by atoms with Crippen LogP contribution in [0.15, 0.2) is 71.9 Å². The molecule has 0 spiro atoms. The summed E-state index contributed by atoms with van der Waals surface area (Å²) in [4.78, 5) is 15.1. The molecule has 1 N–H and O–H groups in total. The molecule has 7 heteroatoms. The monoisotopic (exact) mass is 401 g/mol. The Labute approximate surface area is 164 Å². The van der Waals surface area contributed by atoms with Crippen molar-refractivity contribution in [3.05, 3.63) is 77.6 Å². The molecule has 1 heterocycles. The summed E-state index contributed by atoms with van der Waals surface area (Å²) in [6.07, 6.45) is 3.30. The van der Waals surface area contributed by atoms with Crippen LogP contribution in [-0.2, 0) is 22.2 Å². The van der Waals surface area contributed by atoms with Gasteiger partial charge in [0, 0.05) is 22.9 Å². The molecule has 1 aromatic heterocycles. The number of carboxylic acids is 1. The van der Waals surface area contributed by atoms with Crippen LogP contribution >= 0.6 is 11.6 Å². The lowest BCUT2D eigenvalue weighted by Crippen LogP contribution is -2.09. The fourth-order valence-corrected chi connectivity index (χ4v) is 3.55. The van der Waals surface area contributed by atoms with Crippen LogP contribution in [0.5, 0.6) is 5.75 Å². The highest BCUT2D eigenvalue weighted by Gasteiger charge is 2.09. The Balaban J connectivity index is 1.67. The van der Waals surface area contributed by atoms with E-state index in [0.717, 1.165) is 16.7 Å². The zero-order chi connectivity index (χ0) is 19.2. The van der Waals surface area contributed by atoms with Gasteiger partial charge in [-0.3, -0.25) is 14.0 Å². The van der Waals surface area contributed by atoms with Crippen molar-refractivity contribution >= 4 is 28.4 Å². The number of aliphatic carboxylic acids is 1. The molecule has 5 nitrogen and oxygen atoms in total. The number of carboxylic acid groups (broad SMARTS) is 1. The first-order valence-electron chi connectivity index (χ1n) is 8.05. The van der Waals surface area contributed by atoms with Crippen LogP contribution in [0.4, 0.5) is 0 Å². The minimum Gasteiger partial charge on any atom is -0.489 e. The molecule has 3 rings (SSSR count). The lowest BCUT2D eigenvalue weighted by molar-refractivity contribution is -0.133. The summed E-state index contributed by atoms with van der Waals surface area (Å²) in [5.41, 5.74) is 2.85. The van der Waals surface area contributed by atoms with E-state index in [1.54, 1.807) is 36.7 Å². The van der Waals surface area contributed by atoms with Crippen molar-refractivity contribution in [3.8, 4) is 16.9 Å². The molecule has 0 fully saturated rings. The van der Waals surface area contributed by atoms with Crippen LogP contribution in [0.3, 0.4) is 0 Å². The summed E-state index contributed by atoms with van der Waals surface area (Å²) in [6.45, 7) is 0.355. The topological polar surface area (TPSA) is 76.5 Å². The minimum absolute atomic E-state index is 0.355. The number of pyridine rings is 1. The van der Waals surface area contributed by atoms with Gasteiger partial charge in [0.2, 0.25) is 0 Å². The number of aromatic nitrogens is 1. The molecule has 0 aliphatic rings. The van der Waals surface area contributed by atoms with E-state index >= 15 is 0 Å². The second kappa shape index (κ2) is 8.79. The third kappa shape index (κ3) is 5.15. The van der Waals surface area contributed by atoms with Gasteiger partial charge in [0.15, 0.2) is 0 Å². The van der Waals surface area contributed by atoms with Gasteiger partial charge in [-0.1, -0.05) is 29.8 Å². The molecule has 0 bridgehead atoms. The van der Waals surface area contributed by atoms with Gasteiger partial charge >= 0.3 is 5.97 Å². The van der Waals surface area contributed by atoms with E-state index in [9.17, 15) is 9.00 Å². The number of benzene rings is 2. The van der Waals surface area contributed by atoms with Gasteiger partial charge in [-0.25, -0.2) is 0 Å². The number of rotatable bonds is 7. The first-order chi connectivity index (χ1) is 13.0. The van der Waals surface area contributed by atoms with E-state index in [0.29, 0.717) is 22.3 Å². The second-order valence-electron chi connectivity index (χ2n) is 5.70. The number of hydrogen-bond donors (Lipinski definition) is 1. The molecule has 138 valence electrons. The van der Waals surface area contributed by atoms with Crippen molar-refractivity contribution in [1.29, 1.82) is 0 Å². The van der Waals surface area contributed by atoms with Crippen molar-refractivity contribution in [2.75, 3.05) is 5.75 Å². The Morgan fingerprint density at radius 1 is 1.15 bits per heavy atom. The Bertz CT molecular complexity index is 976. The maximum Gasteiger partial charge on any atom is 0.316 e. The van der Waals surface area contributed by atoms with Crippen LogP contribution in [-0.4, -0.2) is 26.0 Å². The summed E-state index contributed by atoms with van der Waals surface area (Å²) in [5, 5.41) is 9.29. The van der Waals surface area contributed by atoms with E-state index in [1.807, 2.05) is 30.3 Å². The maximum atomic E-state index is 11.8. The lowest BCUT2D eigenvalue weighted by Gasteiger charge is -2.09. The van der Waals surface area contributed by atoms with E-state index in [4.69, 9.17) is 21.4 Å². The SMILES string of the molecule is O=C(O)CS(=O)c1ccc(OCc2cccc(-c3ccncc3Cl)c2)cc1. The predicted octanol–water partition coefficient (Wildman–Crippen LogP) is 4.17. The maximum absolute atomic E-state index is 11.8. The van der Waals surface area contributed by atoms with Crippen molar-refractivity contribution < 1.29 is 18.8 Å². The standard InChI is InChI=1S/C20H16ClNO4S/c21-19-11-22-9-8-18(19)15-3-1-2-14(10-15)12-26-16-4-6-17(7-5-16)27(25)13-20(23)24/h1-11H,12-13H2,(H,23,24). The molecule has 0 saturated carbocycles. The van der Waals surface area contributed by atoms with Crippen LogP contribution in [0, 0.1) is 0 Å². The molecule has 0 saturated heterocycles. The molecule has 0 amide bonds. The Morgan fingerprint density at radius 3 is 2.63 bits per heavy atom. The number of carbonyl (C=O) groups is 1. The van der Waals surface area contributed by atoms with Crippen molar-refractivity contribution in [2.24, 2.45) is 0 Å². The highest BCUT2D eigenvalue weighted by atomic mass is 35.5. The third-order valence-electron chi connectivity index (χ3n) is 3.76. The molecular formula is C20H16ClNO4S. The molecular weight excluding hydrogens is 386 g/mol. The van der Waals surface area contributed by atoms with Gasteiger partial charge < -0.3 is 9.84 Å². The normalized spacial score (nSPS) is 11.7. The van der Waals surface area contributed by atoms with Gasteiger partial charge in [0.25, 0.3) is 0 Å². The average Bonchev–Trinajstić information content (AvgIpc) is 2.67. The van der Waals surface area contributed by atoms with Crippen LogP contribution in [0.2, 0.25) is 5.02 Å². The summed E-state index contributed by atoms with van der Waals surface area (Å²) in [7, 11) is -1.56. The Kier molecular flexibility index (Phi) is 6.21. The number of hydrogen-bond acceptors (Lipinski definition) is 4. The lowest BCUT2D eigenvalue weighted by atomic mass is 10.0. The van der Waals surface area contributed by atoms with E-state index in [-0.39, 0.29) is 0 Å². The van der Waals surface area contributed by atoms with Crippen molar-refractivity contribution in [1.82, 2.24) is 4.98 Å². The van der Waals surface area contributed by atoms with Crippen LogP contribution in [0.25, 0.3) is 11.1 Å². The fourth-order valence-electron chi connectivity index (χ4n) is 2.49. The zero-order valence-corrected chi connectivity index (χ0v) is 15.7. The molecule has 1 atom stereocenters. The molecule has 0 aliphatic carbocycles. The second-order valence-corrected chi connectivity index (χ2v) is 7.56. The third-order valence-corrected chi connectivity index (χ3v) is 5.37. The summed E-state index contributed by atoms with van der Waals surface area (Å²) in [5.74, 6) is -0.897. The Morgan fingerprint density at radius 2 is 1.93 bits per heavy atom. The molecule has 1 unspecified atom stereocenters. The molecule has 0 aliphatic heterocycles. The fraction of sp³-hybridized carbons (Fsp3) is 0.100. The molecule has 27 heavy (non-hydrogen) atoms. The van der Waals surface area contributed by atoms with Crippen molar-refractivity contribution in [3.63, 3.8) is 0 Å². The predicted molar refractivity (Wildman–Crippen MR) is 104 cm³/mol. The smallest absolute Gasteiger partial charge is 0.316 e. The van der Waals surface area contributed by atoms with Gasteiger partial charge in [-0.05, 0) is 47.5 Å². The van der Waals surface area contributed by atoms with E-state index in [1.165, 1.54) is 0 Å². The minimum atomic E-state index is -1.56.